The molecular weight excluding hydrogens is 473 g/mol. The molecule has 1 aliphatic carbocycles. The van der Waals surface area contributed by atoms with Gasteiger partial charge in [-0.1, -0.05) is 66.2 Å². The molecule has 0 aromatic heterocycles. The quantitative estimate of drug-likeness (QED) is 0.352. The molecule has 4 nitrogen and oxygen atoms in total. The van der Waals surface area contributed by atoms with Crippen LogP contribution in [0.2, 0.25) is 0 Å². The molecule has 3 aromatic rings. The van der Waals surface area contributed by atoms with E-state index in [1.54, 1.807) is 66.7 Å². The van der Waals surface area contributed by atoms with Gasteiger partial charge < -0.3 is 4.18 Å². The van der Waals surface area contributed by atoms with Crippen LogP contribution in [0.3, 0.4) is 0 Å². The SMILES string of the molecule is Cc1ccc(S(=O)/C2=C(\OS(=O)(=O)C(F)(F)F)c3ccccc3CCc3ccccc32)cc1. The lowest BCUT2D eigenvalue weighted by molar-refractivity contribution is -0.0509. The molecule has 0 saturated heterocycles. The van der Waals surface area contributed by atoms with Crippen molar-refractivity contribution in [2.75, 3.05) is 0 Å². The summed E-state index contributed by atoms with van der Waals surface area (Å²) in [6.07, 6.45) is 0.970. The Balaban J connectivity index is 2.08. The van der Waals surface area contributed by atoms with Crippen molar-refractivity contribution < 1.29 is 30.0 Å². The van der Waals surface area contributed by atoms with Crippen LogP contribution in [0, 0.1) is 6.92 Å². The highest BCUT2D eigenvalue weighted by Gasteiger charge is 2.49. The highest BCUT2D eigenvalue weighted by molar-refractivity contribution is 7.95. The van der Waals surface area contributed by atoms with Gasteiger partial charge in [0, 0.05) is 10.5 Å². The summed E-state index contributed by atoms with van der Waals surface area (Å²) in [6.45, 7) is 1.85. The second kappa shape index (κ2) is 8.79. The monoisotopic (exact) mass is 492 g/mol. The molecule has 0 saturated carbocycles. The predicted octanol–water partition coefficient (Wildman–Crippen LogP) is 5.59. The number of aryl methyl sites for hydroxylation is 3. The van der Waals surface area contributed by atoms with Crippen molar-refractivity contribution >= 4 is 31.6 Å². The molecule has 0 radical (unpaired) electrons. The summed E-state index contributed by atoms with van der Waals surface area (Å²) < 4.78 is 82.8. The van der Waals surface area contributed by atoms with E-state index in [9.17, 15) is 25.8 Å². The summed E-state index contributed by atoms with van der Waals surface area (Å²) >= 11 is 0. The Morgan fingerprint density at radius 3 is 1.91 bits per heavy atom. The molecule has 1 aliphatic rings. The Morgan fingerprint density at radius 1 is 0.818 bits per heavy atom. The summed E-state index contributed by atoms with van der Waals surface area (Å²) in [6, 6.07) is 19.9. The Labute approximate surface area is 192 Å². The molecular formula is C24H19F3O4S2. The number of fused-ring (bicyclic) bond motifs is 2. The third kappa shape index (κ3) is 4.60. The van der Waals surface area contributed by atoms with Gasteiger partial charge in [0.1, 0.15) is 0 Å². The molecule has 0 fully saturated rings. The van der Waals surface area contributed by atoms with Crippen molar-refractivity contribution in [3.63, 3.8) is 0 Å². The highest BCUT2D eigenvalue weighted by atomic mass is 32.2. The molecule has 1 unspecified atom stereocenters. The van der Waals surface area contributed by atoms with Crippen molar-refractivity contribution in [1.82, 2.24) is 0 Å². The third-order valence-corrected chi connectivity index (χ3v) is 7.72. The lowest BCUT2D eigenvalue weighted by Crippen LogP contribution is -2.26. The number of alkyl halides is 3. The molecule has 0 amide bonds. The topological polar surface area (TPSA) is 60.4 Å². The van der Waals surface area contributed by atoms with E-state index in [-0.39, 0.29) is 10.5 Å². The summed E-state index contributed by atoms with van der Waals surface area (Å²) in [4.78, 5) is 0.198. The average molecular weight is 493 g/mol. The summed E-state index contributed by atoms with van der Waals surface area (Å²) in [5.74, 6) is -0.575. The first kappa shape index (κ1) is 23.3. The van der Waals surface area contributed by atoms with Crippen molar-refractivity contribution in [2.45, 2.75) is 30.2 Å². The minimum atomic E-state index is -6.02. The minimum Gasteiger partial charge on any atom is -0.374 e. The van der Waals surface area contributed by atoms with Gasteiger partial charge in [0.15, 0.2) is 5.76 Å². The Morgan fingerprint density at radius 2 is 1.33 bits per heavy atom. The fourth-order valence-electron chi connectivity index (χ4n) is 3.64. The van der Waals surface area contributed by atoms with Crippen molar-refractivity contribution in [1.29, 1.82) is 0 Å². The summed E-state index contributed by atoms with van der Waals surface area (Å²) in [7, 11) is -8.05. The zero-order chi connectivity index (χ0) is 23.8. The van der Waals surface area contributed by atoms with Crippen LogP contribution in [0.1, 0.15) is 27.8 Å². The van der Waals surface area contributed by atoms with Gasteiger partial charge in [-0.25, -0.2) is 4.21 Å². The molecule has 1 atom stereocenters. The van der Waals surface area contributed by atoms with Crippen LogP contribution in [-0.2, 0) is 37.9 Å². The highest BCUT2D eigenvalue weighted by Crippen LogP contribution is 2.41. The molecule has 33 heavy (non-hydrogen) atoms. The van der Waals surface area contributed by atoms with Gasteiger partial charge in [-0.05, 0) is 48.6 Å². The van der Waals surface area contributed by atoms with Crippen molar-refractivity contribution in [3.05, 3.63) is 101 Å². The largest absolute Gasteiger partial charge is 0.534 e. The van der Waals surface area contributed by atoms with Crippen LogP contribution in [0.4, 0.5) is 13.2 Å². The first-order valence-corrected chi connectivity index (χ1v) is 12.5. The Bertz CT molecular complexity index is 1360. The number of hydrogen-bond donors (Lipinski definition) is 0. The predicted molar refractivity (Wildman–Crippen MR) is 121 cm³/mol. The third-order valence-electron chi connectivity index (χ3n) is 5.29. The van der Waals surface area contributed by atoms with Gasteiger partial charge in [0.05, 0.1) is 15.7 Å². The van der Waals surface area contributed by atoms with E-state index in [1.807, 2.05) is 6.92 Å². The normalized spacial score (nSPS) is 17.3. The zero-order valence-electron chi connectivity index (χ0n) is 17.4. The van der Waals surface area contributed by atoms with Gasteiger partial charge in [-0.15, -0.1) is 0 Å². The first-order valence-electron chi connectivity index (χ1n) is 9.98. The molecule has 9 heteroatoms. The smallest absolute Gasteiger partial charge is 0.374 e. The van der Waals surface area contributed by atoms with Crippen LogP contribution in [0.5, 0.6) is 0 Å². The maximum absolute atomic E-state index is 13.8. The summed E-state index contributed by atoms with van der Waals surface area (Å²) in [5.41, 5.74) is -2.86. The maximum Gasteiger partial charge on any atom is 0.534 e. The fourth-order valence-corrected chi connectivity index (χ4v) is 5.51. The molecule has 0 bridgehead atoms. The second-order valence-electron chi connectivity index (χ2n) is 7.54. The molecule has 0 heterocycles. The van der Waals surface area contributed by atoms with Gasteiger partial charge in [-0.2, -0.15) is 21.6 Å². The number of rotatable bonds is 4. The molecule has 4 rings (SSSR count). The number of benzene rings is 3. The van der Waals surface area contributed by atoms with Crippen LogP contribution in [-0.4, -0.2) is 18.1 Å². The van der Waals surface area contributed by atoms with Crippen LogP contribution in [0.15, 0.2) is 77.7 Å². The molecule has 3 aromatic carbocycles. The van der Waals surface area contributed by atoms with Crippen molar-refractivity contribution in [2.24, 2.45) is 0 Å². The standard InChI is InChI=1S/C24H19F3O4S2/c1-16-10-14-19(15-11-16)32(28)23-21-9-5-3-7-18(21)13-12-17-6-2-4-8-20(17)22(23)31-33(29,30)24(25,26)27/h2-11,14-15H,12-13H2,1H3/b23-22-. The maximum atomic E-state index is 13.8. The second-order valence-corrected chi connectivity index (χ2v) is 10.5. The zero-order valence-corrected chi connectivity index (χ0v) is 19.1. The Hall–Kier alpha value is -2.91. The van der Waals surface area contributed by atoms with E-state index in [4.69, 9.17) is 4.18 Å². The van der Waals surface area contributed by atoms with Crippen LogP contribution in [0.25, 0.3) is 10.7 Å². The van der Waals surface area contributed by atoms with E-state index in [0.717, 1.165) is 11.1 Å². The van der Waals surface area contributed by atoms with E-state index >= 15 is 0 Å². The molecule has 172 valence electrons. The number of hydrogen-bond acceptors (Lipinski definition) is 4. The average Bonchev–Trinajstić information content (AvgIpc) is 2.76. The van der Waals surface area contributed by atoms with E-state index in [2.05, 4.69) is 0 Å². The van der Waals surface area contributed by atoms with E-state index in [0.29, 0.717) is 28.9 Å². The molecule has 0 spiro atoms. The van der Waals surface area contributed by atoms with Crippen molar-refractivity contribution in [3.8, 4) is 0 Å². The van der Waals surface area contributed by atoms with Gasteiger partial charge in [0.2, 0.25) is 0 Å². The first-order chi connectivity index (χ1) is 15.6. The minimum absolute atomic E-state index is 0.116. The number of halogens is 3. The fraction of sp³-hybridized carbons (Fsp3) is 0.167. The van der Waals surface area contributed by atoms with E-state index < -0.39 is 32.2 Å². The van der Waals surface area contributed by atoms with Gasteiger partial charge >= 0.3 is 15.6 Å². The van der Waals surface area contributed by atoms with E-state index in [1.165, 1.54) is 6.07 Å². The lowest BCUT2D eigenvalue weighted by atomic mass is 9.92. The van der Waals surface area contributed by atoms with Gasteiger partial charge in [-0.3, -0.25) is 0 Å². The summed E-state index contributed by atoms with van der Waals surface area (Å²) in [5, 5.41) is 0. The molecule has 0 N–H and O–H groups in total. The Kier molecular flexibility index (Phi) is 6.20. The lowest BCUT2D eigenvalue weighted by Gasteiger charge is -2.23. The molecule has 0 aliphatic heterocycles. The van der Waals surface area contributed by atoms with Crippen LogP contribution < -0.4 is 0 Å². The van der Waals surface area contributed by atoms with Gasteiger partial charge in [0.25, 0.3) is 0 Å². The van der Waals surface area contributed by atoms with Crippen LogP contribution >= 0.6 is 0 Å².